The van der Waals surface area contributed by atoms with Gasteiger partial charge in [-0.3, -0.25) is 4.79 Å². The predicted octanol–water partition coefficient (Wildman–Crippen LogP) is 0.564. The Kier molecular flexibility index (Phi) is 3.49. The van der Waals surface area contributed by atoms with Gasteiger partial charge in [0.1, 0.15) is 11.8 Å². The van der Waals surface area contributed by atoms with Gasteiger partial charge in [-0.25, -0.2) is 0 Å². The van der Waals surface area contributed by atoms with Crippen molar-refractivity contribution >= 4 is 5.91 Å². The minimum Gasteiger partial charge on any atom is -0.396 e. The molecule has 2 rings (SSSR count). The number of carbonyl (C=O) groups is 1. The van der Waals surface area contributed by atoms with Crippen LogP contribution in [0.3, 0.4) is 0 Å². The molecule has 5 heteroatoms. The van der Waals surface area contributed by atoms with E-state index in [1.807, 2.05) is 18.2 Å². The third-order valence-electron chi connectivity index (χ3n) is 3.09. The summed E-state index contributed by atoms with van der Waals surface area (Å²) >= 11 is 0. The zero-order valence-corrected chi connectivity index (χ0v) is 10.1. The van der Waals surface area contributed by atoms with E-state index in [0.29, 0.717) is 11.3 Å². The number of carbonyl (C=O) groups excluding carboxylic acids is 1. The van der Waals surface area contributed by atoms with E-state index < -0.39 is 0 Å². The molecule has 0 saturated heterocycles. The van der Waals surface area contributed by atoms with E-state index in [1.54, 1.807) is 23.9 Å². The summed E-state index contributed by atoms with van der Waals surface area (Å²) in [6.07, 6.45) is 6.15. The van der Waals surface area contributed by atoms with Gasteiger partial charge in [-0.15, -0.1) is 0 Å². The lowest BCUT2D eigenvalue weighted by Gasteiger charge is -2.12. The topological polar surface area (TPSA) is 78.0 Å². The molecule has 2 atom stereocenters. The van der Waals surface area contributed by atoms with Crippen LogP contribution in [0.2, 0.25) is 0 Å². The minimum atomic E-state index is -0.202. The van der Waals surface area contributed by atoms with Crippen LogP contribution < -0.4 is 5.32 Å². The van der Waals surface area contributed by atoms with E-state index in [9.17, 15) is 4.79 Å². The molecular formula is C13H15N3O2. The SMILES string of the molecule is Cn1cc(C#N)cc1C(=O)N[C@@H]1C=C[C@H](CO)C1. The zero-order valence-electron chi connectivity index (χ0n) is 10.1. The molecule has 1 aromatic heterocycles. The maximum absolute atomic E-state index is 12.0. The van der Waals surface area contributed by atoms with E-state index in [2.05, 4.69) is 5.32 Å². The number of rotatable bonds is 3. The van der Waals surface area contributed by atoms with Crippen LogP contribution in [0.1, 0.15) is 22.5 Å². The first-order valence-electron chi connectivity index (χ1n) is 5.80. The standard InChI is InChI=1S/C13H15N3O2/c1-16-7-10(6-14)5-12(16)13(18)15-11-3-2-9(4-11)8-17/h2-3,5,7,9,11,17H,4,8H2,1H3,(H,15,18)/t9-,11+/m0/s1. The van der Waals surface area contributed by atoms with Crippen molar-refractivity contribution in [2.75, 3.05) is 6.61 Å². The zero-order chi connectivity index (χ0) is 13.1. The van der Waals surface area contributed by atoms with Crippen LogP contribution in [0, 0.1) is 17.2 Å². The van der Waals surface area contributed by atoms with Crippen LogP contribution in [0.5, 0.6) is 0 Å². The number of hydrogen-bond acceptors (Lipinski definition) is 3. The maximum Gasteiger partial charge on any atom is 0.268 e. The number of amides is 1. The van der Waals surface area contributed by atoms with Gasteiger partial charge < -0.3 is 15.0 Å². The Morgan fingerprint density at radius 2 is 2.44 bits per heavy atom. The number of aliphatic hydroxyl groups excluding tert-OH is 1. The van der Waals surface area contributed by atoms with Crippen molar-refractivity contribution in [1.82, 2.24) is 9.88 Å². The second-order valence-electron chi connectivity index (χ2n) is 4.48. The van der Waals surface area contributed by atoms with Crippen molar-refractivity contribution in [1.29, 1.82) is 5.26 Å². The van der Waals surface area contributed by atoms with E-state index >= 15 is 0 Å². The fraction of sp³-hybridized carbons (Fsp3) is 0.385. The largest absolute Gasteiger partial charge is 0.396 e. The Labute approximate surface area is 105 Å². The average Bonchev–Trinajstić information content (AvgIpc) is 2.95. The van der Waals surface area contributed by atoms with Gasteiger partial charge in [0.2, 0.25) is 0 Å². The first kappa shape index (κ1) is 12.4. The quantitative estimate of drug-likeness (QED) is 0.764. The first-order chi connectivity index (χ1) is 8.63. The Balaban J connectivity index is 2.03. The van der Waals surface area contributed by atoms with Gasteiger partial charge in [-0.2, -0.15) is 5.26 Å². The second kappa shape index (κ2) is 5.07. The second-order valence-corrected chi connectivity index (χ2v) is 4.48. The van der Waals surface area contributed by atoms with Gasteiger partial charge >= 0.3 is 0 Å². The van der Waals surface area contributed by atoms with Crippen LogP contribution in [0.25, 0.3) is 0 Å². The highest BCUT2D eigenvalue weighted by Crippen LogP contribution is 2.17. The molecule has 0 aromatic carbocycles. The molecule has 1 amide bonds. The predicted molar refractivity (Wildman–Crippen MR) is 65.7 cm³/mol. The normalized spacial score (nSPS) is 21.8. The van der Waals surface area contributed by atoms with Crippen molar-refractivity contribution in [3.8, 4) is 6.07 Å². The highest BCUT2D eigenvalue weighted by molar-refractivity contribution is 5.93. The average molecular weight is 245 g/mol. The van der Waals surface area contributed by atoms with Crippen LogP contribution in [-0.4, -0.2) is 28.2 Å². The van der Waals surface area contributed by atoms with Crippen molar-refractivity contribution in [3.05, 3.63) is 35.7 Å². The Morgan fingerprint density at radius 3 is 3.00 bits per heavy atom. The molecule has 0 aliphatic heterocycles. The summed E-state index contributed by atoms with van der Waals surface area (Å²) in [6, 6.07) is 3.53. The Hall–Kier alpha value is -2.06. The first-order valence-corrected chi connectivity index (χ1v) is 5.80. The number of aryl methyl sites for hydroxylation is 1. The molecule has 0 unspecified atom stereocenters. The van der Waals surface area contributed by atoms with E-state index in [0.717, 1.165) is 6.42 Å². The highest BCUT2D eigenvalue weighted by Gasteiger charge is 2.21. The molecule has 5 nitrogen and oxygen atoms in total. The monoisotopic (exact) mass is 245 g/mol. The summed E-state index contributed by atoms with van der Waals surface area (Å²) in [6.45, 7) is 0.103. The number of aliphatic hydroxyl groups is 1. The smallest absolute Gasteiger partial charge is 0.268 e. The fourth-order valence-electron chi connectivity index (χ4n) is 2.11. The molecule has 0 fully saturated rings. The lowest BCUT2D eigenvalue weighted by molar-refractivity contribution is 0.0933. The number of aromatic nitrogens is 1. The number of nitrogens with one attached hydrogen (secondary N) is 1. The molecule has 0 saturated carbocycles. The van der Waals surface area contributed by atoms with Crippen LogP contribution in [-0.2, 0) is 7.05 Å². The Morgan fingerprint density at radius 1 is 1.67 bits per heavy atom. The summed E-state index contributed by atoms with van der Waals surface area (Å²) in [4.78, 5) is 12.0. The highest BCUT2D eigenvalue weighted by atomic mass is 16.3. The molecule has 94 valence electrons. The molecule has 1 aliphatic carbocycles. The molecular weight excluding hydrogens is 230 g/mol. The molecule has 2 N–H and O–H groups in total. The van der Waals surface area contributed by atoms with E-state index in [-0.39, 0.29) is 24.5 Å². The van der Waals surface area contributed by atoms with Crippen molar-refractivity contribution in [3.63, 3.8) is 0 Å². The third-order valence-corrected chi connectivity index (χ3v) is 3.09. The maximum atomic E-state index is 12.0. The van der Waals surface area contributed by atoms with Gasteiger partial charge in [0, 0.05) is 31.8 Å². The lowest BCUT2D eigenvalue weighted by atomic mass is 10.1. The van der Waals surface area contributed by atoms with Crippen LogP contribution in [0.15, 0.2) is 24.4 Å². The summed E-state index contributed by atoms with van der Waals surface area (Å²) < 4.78 is 1.63. The molecule has 1 heterocycles. The molecule has 18 heavy (non-hydrogen) atoms. The van der Waals surface area contributed by atoms with Gasteiger partial charge in [-0.1, -0.05) is 12.2 Å². The summed E-state index contributed by atoms with van der Waals surface area (Å²) in [5.41, 5.74) is 0.935. The third kappa shape index (κ3) is 2.44. The van der Waals surface area contributed by atoms with E-state index in [1.165, 1.54) is 0 Å². The molecule has 0 radical (unpaired) electrons. The van der Waals surface area contributed by atoms with Gasteiger partial charge in [0.15, 0.2) is 0 Å². The number of nitrogens with zero attached hydrogens (tertiary/aromatic N) is 2. The summed E-state index contributed by atoms with van der Waals surface area (Å²) in [7, 11) is 1.73. The number of hydrogen-bond donors (Lipinski definition) is 2. The van der Waals surface area contributed by atoms with Crippen LogP contribution in [0.4, 0.5) is 0 Å². The van der Waals surface area contributed by atoms with Crippen LogP contribution >= 0.6 is 0 Å². The van der Waals surface area contributed by atoms with Gasteiger partial charge in [0.25, 0.3) is 5.91 Å². The van der Waals surface area contributed by atoms with E-state index in [4.69, 9.17) is 10.4 Å². The van der Waals surface area contributed by atoms with Crippen molar-refractivity contribution < 1.29 is 9.90 Å². The van der Waals surface area contributed by atoms with Crippen molar-refractivity contribution in [2.45, 2.75) is 12.5 Å². The van der Waals surface area contributed by atoms with Crippen molar-refractivity contribution in [2.24, 2.45) is 13.0 Å². The number of nitriles is 1. The summed E-state index contributed by atoms with van der Waals surface area (Å²) in [5, 5.41) is 20.7. The summed E-state index contributed by atoms with van der Waals surface area (Å²) in [5.74, 6) is -0.0781. The van der Waals surface area contributed by atoms with Gasteiger partial charge in [0.05, 0.1) is 5.56 Å². The molecule has 0 spiro atoms. The van der Waals surface area contributed by atoms with Gasteiger partial charge in [-0.05, 0) is 12.5 Å². The molecule has 1 aromatic rings. The minimum absolute atomic E-state index is 0.0462. The molecule has 0 bridgehead atoms. The Bertz CT molecular complexity index is 525. The molecule has 1 aliphatic rings. The fourth-order valence-corrected chi connectivity index (χ4v) is 2.11. The lowest BCUT2D eigenvalue weighted by Crippen LogP contribution is -2.33.